The van der Waals surface area contributed by atoms with Crippen LogP contribution in [-0.2, 0) is 4.79 Å². The number of carbonyl (C=O) groups is 1. The Bertz CT molecular complexity index is 409. The average molecular weight is 327 g/mol. The van der Waals surface area contributed by atoms with E-state index in [0.29, 0.717) is 13.0 Å². The molecule has 3 nitrogen and oxygen atoms in total. The van der Waals surface area contributed by atoms with Crippen LogP contribution in [0.2, 0.25) is 0 Å². The van der Waals surface area contributed by atoms with Crippen LogP contribution in [0.5, 0.6) is 0 Å². The third-order valence-electron chi connectivity index (χ3n) is 2.75. The van der Waals surface area contributed by atoms with E-state index in [9.17, 15) is 4.79 Å². The maximum Gasteiger partial charge on any atom is 0.221 e. The van der Waals surface area contributed by atoms with Gasteiger partial charge in [-0.1, -0.05) is 28.1 Å². The molecule has 0 aliphatic heterocycles. The summed E-state index contributed by atoms with van der Waals surface area (Å²) in [5, 5.41) is 6.31. The largest absolute Gasteiger partial charge is 0.350 e. The molecule has 0 spiro atoms. The number of amides is 1. The van der Waals surface area contributed by atoms with E-state index in [2.05, 4.69) is 47.3 Å². The van der Waals surface area contributed by atoms with Gasteiger partial charge in [-0.3, -0.25) is 4.79 Å². The van der Waals surface area contributed by atoms with Gasteiger partial charge >= 0.3 is 0 Å². The SMILES string of the molecule is C[C@H](NC(=O)CCNC(C)(C)C)c1ccc(Br)cc1. The summed E-state index contributed by atoms with van der Waals surface area (Å²) in [6.45, 7) is 8.97. The maximum atomic E-state index is 11.8. The molecular formula is C15H23BrN2O. The number of benzene rings is 1. The quantitative estimate of drug-likeness (QED) is 0.870. The third-order valence-corrected chi connectivity index (χ3v) is 3.28. The molecule has 106 valence electrons. The van der Waals surface area contributed by atoms with Gasteiger partial charge in [0.2, 0.25) is 5.91 Å². The Morgan fingerprint density at radius 1 is 1.26 bits per heavy atom. The molecule has 19 heavy (non-hydrogen) atoms. The number of hydrogen-bond donors (Lipinski definition) is 2. The number of carbonyl (C=O) groups excluding carboxylic acids is 1. The zero-order valence-electron chi connectivity index (χ0n) is 12.1. The first-order valence-electron chi connectivity index (χ1n) is 6.58. The van der Waals surface area contributed by atoms with Gasteiger partial charge in [-0.15, -0.1) is 0 Å². The van der Waals surface area contributed by atoms with Crippen molar-refractivity contribution in [3.05, 3.63) is 34.3 Å². The van der Waals surface area contributed by atoms with Crippen molar-refractivity contribution in [1.82, 2.24) is 10.6 Å². The molecule has 1 amide bonds. The molecule has 0 bridgehead atoms. The van der Waals surface area contributed by atoms with E-state index in [1.807, 2.05) is 31.2 Å². The van der Waals surface area contributed by atoms with Gasteiger partial charge in [0, 0.05) is 23.0 Å². The van der Waals surface area contributed by atoms with E-state index in [-0.39, 0.29) is 17.5 Å². The molecule has 0 heterocycles. The molecule has 0 radical (unpaired) electrons. The maximum absolute atomic E-state index is 11.8. The summed E-state index contributed by atoms with van der Waals surface area (Å²) >= 11 is 3.40. The third kappa shape index (κ3) is 6.73. The monoisotopic (exact) mass is 326 g/mol. The molecule has 1 aromatic rings. The predicted octanol–water partition coefficient (Wildman–Crippen LogP) is 3.40. The van der Waals surface area contributed by atoms with Crippen molar-refractivity contribution in [2.45, 2.75) is 45.7 Å². The Morgan fingerprint density at radius 3 is 2.37 bits per heavy atom. The van der Waals surface area contributed by atoms with Gasteiger partial charge in [0.25, 0.3) is 0 Å². The van der Waals surface area contributed by atoms with Gasteiger partial charge < -0.3 is 10.6 Å². The highest BCUT2D eigenvalue weighted by Crippen LogP contribution is 2.16. The smallest absolute Gasteiger partial charge is 0.221 e. The van der Waals surface area contributed by atoms with Crippen molar-refractivity contribution < 1.29 is 4.79 Å². The first kappa shape index (κ1) is 16.2. The lowest BCUT2D eigenvalue weighted by Crippen LogP contribution is -2.38. The van der Waals surface area contributed by atoms with Crippen LogP contribution in [0.4, 0.5) is 0 Å². The molecular weight excluding hydrogens is 304 g/mol. The second kappa shape index (κ2) is 7.06. The average Bonchev–Trinajstić information content (AvgIpc) is 2.27. The Kier molecular flexibility index (Phi) is 6.01. The molecule has 0 aliphatic rings. The summed E-state index contributed by atoms with van der Waals surface area (Å²) in [4.78, 5) is 11.8. The first-order valence-corrected chi connectivity index (χ1v) is 7.37. The van der Waals surface area contributed by atoms with E-state index < -0.39 is 0 Å². The summed E-state index contributed by atoms with van der Waals surface area (Å²) in [6, 6.07) is 8.04. The standard InChI is InChI=1S/C15H23BrN2O/c1-11(12-5-7-13(16)8-6-12)18-14(19)9-10-17-15(2,3)4/h5-8,11,17H,9-10H2,1-4H3,(H,18,19)/t11-/m0/s1. The molecule has 4 heteroatoms. The first-order chi connectivity index (χ1) is 8.78. The van der Waals surface area contributed by atoms with Gasteiger partial charge in [0.05, 0.1) is 6.04 Å². The molecule has 0 fully saturated rings. The van der Waals surface area contributed by atoms with Gasteiger partial charge in [-0.2, -0.15) is 0 Å². The van der Waals surface area contributed by atoms with Crippen LogP contribution in [0.3, 0.4) is 0 Å². The lowest BCUT2D eigenvalue weighted by Gasteiger charge is -2.21. The van der Waals surface area contributed by atoms with Gasteiger partial charge in [0.1, 0.15) is 0 Å². The Balaban J connectivity index is 2.38. The van der Waals surface area contributed by atoms with Crippen molar-refractivity contribution in [3.8, 4) is 0 Å². The predicted molar refractivity (Wildman–Crippen MR) is 83.1 cm³/mol. The van der Waals surface area contributed by atoms with E-state index in [0.717, 1.165) is 10.0 Å². The summed E-state index contributed by atoms with van der Waals surface area (Å²) in [6.07, 6.45) is 0.498. The minimum Gasteiger partial charge on any atom is -0.350 e. The van der Waals surface area contributed by atoms with Crippen molar-refractivity contribution in [3.63, 3.8) is 0 Å². The second-order valence-electron chi connectivity index (χ2n) is 5.77. The van der Waals surface area contributed by atoms with E-state index in [1.165, 1.54) is 0 Å². The highest BCUT2D eigenvalue weighted by atomic mass is 79.9. The molecule has 0 saturated carbocycles. The highest BCUT2D eigenvalue weighted by molar-refractivity contribution is 9.10. The van der Waals surface area contributed by atoms with Crippen LogP contribution < -0.4 is 10.6 Å². The summed E-state index contributed by atoms with van der Waals surface area (Å²) < 4.78 is 1.05. The topological polar surface area (TPSA) is 41.1 Å². The fourth-order valence-corrected chi connectivity index (χ4v) is 1.96. The zero-order valence-corrected chi connectivity index (χ0v) is 13.7. The Hall–Kier alpha value is -0.870. The van der Waals surface area contributed by atoms with Crippen molar-refractivity contribution in [2.75, 3.05) is 6.54 Å². The van der Waals surface area contributed by atoms with E-state index >= 15 is 0 Å². The molecule has 2 N–H and O–H groups in total. The zero-order chi connectivity index (χ0) is 14.5. The molecule has 1 rings (SSSR count). The van der Waals surface area contributed by atoms with Crippen molar-refractivity contribution in [2.24, 2.45) is 0 Å². The summed E-state index contributed by atoms with van der Waals surface area (Å²) in [5.74, 6) is 0.0761. The highest BCUT2D eigenvalue weighted by Gasteiger charge is 2.12. The minimum absolute atomic E-state index is 0.0373. The van der Waals surface area contributed by atoms with E-state index in [4.69, 9.17) is 0 Å². The lowest BCUT2D eigenvalue weighted by molar-refractivity contribution is -0.121. The van der Waals surface area contributed by atoms with Crippen LogP contribution in [0.15, 0.2) is 28.7 Å². The molecule has 1 aromatic carbocycles. The second-order valence-corrected chi connectivity index (χ2v) is 6.68. The van der Waals surface area contributed by atoms with Gasteiger partial charge in [-0.05, 0) is 45.4 Å². The molecule has 0 unspecified atom stereocenters. The van der Waals surface area contributed by atoms with Gasteiger partial charge in [0.15, 0.2) is 0 Å². The fraction of sp³-hybridized carbons (Fsp3) is 0.533. The Labute approximate surface area is 124 Å². The summed E-state index contributed by atoms with van der Waals surface area (Å²) in [7, 11) is 0. The van der Waals surface area contributed by atoms with Crippen LogP contribution in [0.1, 0.15) is 45.7 Å². The van der Waals surface area contributed by atoms with Gasteiger partial charge in [-0.25, -0.2) is 0 Å². The van der Waals surface area contributed by atoms with Crippen LogP contribution in [0, 0.1) is 0 Å². The normalized spacial score (nSPS) is 13.1. The molecule has 0 aliphatic carbocycles. The van der Waals surface area contributed by atoms with Crippen molar-refractivity contribution in [1.29, 1.82) is 0 Å². The number of rotatable bonds is 5. The number of nitrogens with one attached hydrogen (secondary N) is 2. The summed E-state index contributed by atoms with van der Waals surface area (Å²) in [5.41, 5.74) is 1.16. The minimum atomic E-state index is 0.0373. The van der Waals surface area contributed by atoms with Crippen LogP contribution in [0.25, 0.3) is 0 Å². The molecule has 0 aromatic heterocycles. The van der Waals surface area contributed by atoms with Crippen LogP contribution in [-0.4, -0.2) is 18.0 Å². The molecule has 1 atom stereocenters. The van der Waals surface area contributed by atoms with Crippen molar-refractivity contribution >= 4 is 21.8 Å². The number of halogens is 1. The number of hydrogen-bond acceptors (Lipinski definition) is 2. The van der Waals surface area contributed by atoms with E-state index in [1.54, 1.807) is 0 Å². The Morgan fingerprint density at radius 2 is 1.84 bits per heavy atom. The fourth-order valence-electron chi connectivity index (χ4n) is 1.70. The van der Waals surface area contributed by atoms with Crippen LogP contribution >= 0.6 is 15.9 Å². The lowest BCUT2D eigenvalue weighted by atomic mass is 10.1. The molecule has 0 saturated heterocycles.